The lowest BCUT2D eigenvalue weighted by Crippen LogP contribution is -2.18. The number of nitrogens with one attached hydrogen (secondary N) is 1. The van der Waals surface area contributed by atoms with Gasteiger partial charge in [0, 0.05) is 40.9 Å². The van der Waals surface area contributed by atoms with Crippen LogP contribution in [0, 0.1) is 0 Å². The van der Waals surface area contributed by atoms with Gasteiger partial charge in [0.15, 0.2) is 0 Å². The highest BCUT2D eigenvalue weighted by Crippen LogP contribution is 2.29. The van der Waals surface area contributed by atoms with Crippen LogP contribution in [0.4, 0.5) is 0 Å². The molecule has 4 rings (SSSR count). The molecule has 4 nitrogen and oxygen atoms in total. The molecule has 1 N–H and O–H groups in total. The van der Waals surface area contributed by atoms with E-state index in [1.165, 1.54) is 15.6 Å². The Kier molecular flexibility index (Phi) is 4.53. The maximum Gasteiger partial charge on any atom is 0.137 e. The Balaban J connectivity index is 1.46. The number of hydrogen-bond acceptors (Lipinski definition) is 4. The van der Waals surface area contributed by atoms with Crippen LogP contribution < -0.4 is 5.32 Å². The van der Waals surface area contributed by atoms with Crippen LogP contribution in [0.15, 0.2) is 60.6 Å². The van der Waals surface area contributed by atoms with Gasteiger partial charge in [0.1, 0.15) is 12.1 Å². The monoisotopic (exact) mass is 368 g/mol. The van der Waals surface area contributed by atoms with Crippen LogP contribution >= 0.6 is 22.9 Å². The summed E-state index contributed by atoms with van der Waals surface area (Å²) < 4.78 is 3.16. The van der Waals surface area contributed by atoms with E-state index in [-0.39, 0.29) is 6.04 Å². The van der Waals surface area contributed by atoms with Crippen LogP contribution in [0.25, 0.3) is 15.9 Å². The maximum absolute atomic E-state index is 6.13. The van der Waals surface area contributed by atoms with Gasteiger partial charge in [-0.2, -0.15) is 0 Å². The highest BCUT2D eigenvalue weighted by atomic mass is 35.5. The summed E-state index contributed by atoms with van der Waals surface area (Å²) in [7, 11) is 0. The topological polar surface area (TPSA) is 42.7 Å². The second kappa shape index (κ2) is 6.96. The number of hydrogen-bond donors (Lipinski definition) is 1. The van der Waals surface area contributed by atoms with E-state index >= 15 is 0 Å². The predicted octanol–water partition coefficient (Wildman–Crippen LogP) is 4.99. The standard InChI is InChI=1S/C19H17ClN4S/c1-13(14-2-5-19(23-9-14)24-7-6-21-12-24)22-10-15-11-25-18-4-3-16(20)8-17(15)18/h2-9,11-13,22H,10H2,1H3. The smallest absolute Gasteiger partial charge is 0.137 e. The van der Waals surface area contributed by atoms with Crippen LogP contribution in [0.1, 0.15) is 24.1 Å². The summed E-state index contributed by atoms with van der Waals surface area (Å²) in [5.41, 5.74) is 2.43. The average Bonchev–Trinajstić information content (AvgIpc) is 3.30. The number of halogens is 1. The molecular weight excluding hydrogens is 352 g/mol. The molecule has 126 valence electrons. The summed E-state index contributed by atoms with van der Waals surface area (Å²) in [5, 5.41) is 7.77. The van der Waals surface area contributed by atoms with Crippen molar-refractivity contribution in [3.05, 3.63) is 76.8 Å². The van der Waals surface area contributed by atoms with E-state index in [2.05, 4.69) is 39.7 Å². The van der Waals surface area contributed by atoms with Crippen molar-refractivity contribution >= 4 is 33.0 Å². The summed E-state index contributed by atoms with van der Waals surface area (Å²) in [6.07, 6.45) is 7.29. The molecule has 0 radical (unpaired) electrons. The number of nitrogens with zero attached hydrogens (tertiary/aromatic N) is 3. The Morgan fingerprint density at radius 2 is 2.20 bits per heavy atom. The molecule has 1 unspecified atom stereocenters. The van der Waals surface area contributed by atoms with E-state index in [1.54, 1.807) is 23.9 Å². The zero-order chi connectivity index (χ0) is 17.2. The van der Waals surface area contributed by atoms with Crippen molar-refractivity contribution in [1.29, 1.82) is 0 Å². The summed E-state index contributed by atoms with van der Waals surface area (Å²) >= 11 is 7.88. The van der Waals surface area contributed by atoms with Gasteiger partial charge in [-0.15, -0.1) is 11.3 Å². The van der Waals surface area contributed by atoms with Crippen molar-refractivity contribution in [3.8, 4) is 5.82 Å². The molecule has 1 aromatic carbocycles. The molecule has 0 saturated heterocycles. The Labute approximate surface area is 155 Å². The third-order valence-corrected chi connectivity index (χ3v) is 5.50. The Morgan fingerprint density at radius 3 is 2.96 bits per heavy atom. The first-order valence-electron chi connectivity index (χ1n) is 8.04. The van der Waals surface area contributed by atoms with Gasteiger partial charge in [-0.05, 0) is 53.1 Å². The molecule has 3 heterocycles. The normalized spacial score (nSPS) is 12.6. The van der Waals surface area contributed by atoms with Crippen molar-refractivity contribution in [1.82, 2.24) is 19.9 Å². The average molecular weight is 369 g/mol. The number of thiophene rings is 1. The van der Waals surface area contributed by atoms with Crippen molar-refractivity contribution in [3.63, 3.8) is 0 Å². The van der Waals surface area contributed by atoms with Crippen LogP contribution in [-0.2, 0) is 6.54 Å². The first kappa shape index (κ1) is 16.3. The minimum Gasteiger partial charge on any atom is -0.306 e. The van der Waals surface area contributed by atoms with Gasteiger partial charge in [-0.3, -0.25) is 4.57 Å². The van der Waals surface area contributed by atoms with E-state index in [4.69, 9.17) is 11.6 Å². The summed E-state index contributed by atoms with van der Waals surface area (Å²) in [4.78, 5) is 8.56. The fourth-order valence-corrected chi connectivity index (χ4v) is 3.89. The van der Waals surface area contributed by atoms with Gasteiger partial charge in [-0.1, -0.05) is 17.7 Å². The lowest BCUT2D eigenvalue weighted by molar-refractivity contribution is 0.575. The number of imidazole rings is 1. The largest absolute Gasteiger partial charge is 0.306 e. The van der Waals surface area contributed by atoms with Gasteiger partial charge in [-0.25, -0.2) is 9.97 Å². The third kappa shape index (κ3) is 3.44. The number of aromatic nitrogens is 3. The Morgan fingerprint density at radius 1 is 1.28 bits per heavy atom. The lowest BCUT2D eigenvalue weighted by atomic mass is 10.1. The van der Waals surface area contributed by atoms with E-state index < -0.39 is 0 Å². The zero-order valence-corrected chi connectivity index (χ0v) is 15.3. The molecule has 25 heavy (non-hydrogen) atoms. The first-order chi connectivity index (χ1) is 12.2. The molecule has 0 spiro atoms. The van der Waals surface area contributed by atoms with Gasteiger partial charge in [0.05, 0.1) is 0 Å². The maximum atomic E-state index is 6.13. The molecule has 1 atom stereocenters. The highest BCUT2D eigenvalue weighted by Gasteiger charge is 2.09. The predicted molar refractivity (Wildman–Crippen MR) is 103 cm³/mol. The lowest BCUT2D eigenvalue weighted by Gasteiger charge is -2.14. The molecule has 0 bridgehead atoms. The second-order valence-corrected chi connectivity index (χ2v) is 7.27. The second-order valence-electron chi connectivity index (χ2n) is 5.92. The molecular formula is C19H17ClN4S. The molecule has 0 aliphatic rings. The van der Waals surface area contributed by atoms with Crippen LogP contribution in [0.5, 0.6) is 0 Å². The van der Waals surface area contributed by atoms with E-state index in [1.807, 2.05) is 35.2 Å². The van der Waals surface area contributed by atoms with Crippen LogP contribution in [-0.4, -0.2) is 14.5 Å². The van der Waals surface area contributed by atoms with E-state index in [0.717, 1.165) is 22.9 Å². The molecule has 4 aromatic rings. The molecule has 0 fully saturated rings. The van der Waals surface area contributed by atoms with Crippen molar-refractivity contribution in [2.75, 3.05) is 0 Å². The SMILES string of the molecule is CC(NCc1csc2ccc(Cl)cc12)c1ccc(-n2ccnc2)nc1. The van der Waals surface area contributed by atoms with E-state index in [0.29, 0.717) is 0 Å². The molecule has 0 saturated carbocycles. The Bertz CT molecular complexity index is 977. The summed E-state index contributed by atoms with van der Waals surface area (Å²) in [5.74, 6) is 0.868. The summed E-state index contributed by atoms with van der Waals surface area (Å²) in [6, 6.07) is 10.4. The number of benzene rings is 1. The quantitative estimate of drug-likeness (QED) is 0.539. The fraction of sp³-hybridized carbons (Fsp3) is 0.158. The molecule has 6 heteroatoms. The van der Waals surface area contributed by atoms with Crippen LogP contribution in [0.2, 0.25) is 5.02 Å². The van der Waals surface area contributed by atoms with Crippen molar-refractivity contribution < 1.29 is 0 Å². The van der Waals surface area contributed by atoms with Gasteiger partial charge in [0.25, 0.3) is 0 Å². The minimum absolute atomic E-state index is 0.207. The van der Waals surface area contributed by atoms with Crippen LogP contribution in [0.3, 0.4) is 0 Å². The molecule has 3 aromatic heterocycles. The highest BCUT2D eigenvalue weighted by molar-refractivity contribution is 7.17. The number of pyridine rings is 1. The molecule has 0 aliphatic carbocycles. The Hall–Kier alpha value is -2.21. The van der Waals surface area contributed by atoms with Gasteiger partial charge in [0.2, 0.25) is 0 Å². The summed E-state index contributed by atoms with van der Waals surface area (Å²) in [6.45, 7) is 2.94. The number of rotatable bonds is 5. The number of fused-ring (bicyclic) bond motifs is 1. The van der Waals surface area contributed by atoms with Crippen molar-refractivity contribution in [2.24, 2.45) is 0 Å². The zero-order valence-electron chi connectivity index (χ0n) is 13.7. The minimum atomic E-state index is 0.207. The van der Waals surface area contributed by atoms with E-state index in [9.17, 15) is 0 Å². The first-order valence-corrected chi connectivity index (χ1v) is 9.30. The van der Waals surface area contributed by atoms with Gasteiger partial charge >= 0.3 is 0 Å². The van der Waals surface area contributed by atoms with Gasteiger partial charge < -0.3 is 5.32 Å². The molecule has 0 aliphatic heterocycles. The van der Waals surface area contributed by atoms with Crippen molar-refractivity contribution in [2.45, 2.75) is 19.5 Å². The third-order valence-electron chi connectivity index (χ3n) is 4.25. The molecule has 0 amide bonds. The fourth-order valence-electron chi connectivity index (χ4n) is 2.77.